The summed E-state index contributed by atoms with van der Waals surface area (Å²) in [5.74, 6) is -0.203. The van der Waals surface area contributed by atoms with Gasteiger partial charge in [0.2, 0.25) is 0 Å². The molecule has 0 aromatic carbocycles. The predicted molar refractivity (Wildman–Crippen MR) is 60.6 cm³/mol. The van der Waals surface area contributed by atoms with Gasteiger partial charge in [0.25, 0.3) is 0 Å². The normalized spacial score (nSPS) is 18.1. The fourth-order valence-electron chi connectivity index (χ4n) is 1.98. The van der Waals surface area contributed by atoms with Crippen LogP contribution in [0.5, 0.6) is 0 Å². The standard InChI is InChI=1S/C12H21NO2/c1-3-10(12(14)15-2)8-9-13-11-6-4-5-7-11/h8,11,13H,3-7,9H2,1-2H3. The summed E-state index contributed by atoms with van der Waals surface area (Å²) >= 11 is 0. The first-order valence-electron chi connectivity index (χ1n) is 5.78. The summed E-state index contributed by atoms with van der Waals surface area (Å²) < 4.78 is 4.69. The Morgan fingerprint density at radius 3 is 2.67 bits per heavy atom. The van der Waals surface area contributed by atoms with Gasteiger partial charge in [0.1, 0.15) is 0 Å². The third-order valence-corrected chi connectivity index (χ3v) is 2.94. The molecule has 1 fully saturated rings. The first-order chi connectivity index (χ1) is 7.27. The summed E-state index contributed by atoms with van der Waals surface area (Å²) in [6, 6.07) is 0.650. The molecule has 0 unspecified atom stereocenters. The number of ether oxygens (including phenoxy) is 1. The Bertz CT molecular complexity index is 230. The van der Waals surface area contributed by atoms with Crippen LogP contribution in [0, 0.1) is 0 Å². The van der Waals surface area contributed by atoms with Gasteiger partial charge in [-0.25, -0.2) is 4.79 Å². The maximum atomic E-state index is 11.3. The van der Waals surface area contributed by atoms with Crippen molar-refractivity contribution in [2.75, 3.05) is 13.7 Å². The summed E-state index contributed by atoms with van der Waals surface area (Å²) in [7, 11) is 1.43. The molecular formula is C12H21NO2. The number of carbonyl (C=O) groups is 1. The van der Waals surface area contributed by atoms with Crippen LogP contribution in [0.1, 0.15) is 39.0 Å². The number of esters is 1. The van der Waals surface area contributed by atoms with E-state index in [0.717, 1.165) is 18.5 Å². The van der Waals surface area contributed by atoms with Crippen molar-refractivity contribution in [3.8, 4) is 0 Å². The highest BCUT2D eigenvalue weighted by Crippen LogP contribution is 2.17. The topological polar surface area (TPSA) is 38.3 Å². The average Bonchev–Trinajstić information content (AvgIpc) is 2.76. The van der Waals surface area contributed by atoms with E-state index in [1.54, 1.807) is 0 Å². The maximum Gasteiger partial charge on any atom is 0.333 e. The average molecular weight is 211 g/mol. The molecule has 0 heterocycles. The molecule has 0 aliphatic heterocycles. The molecule has 1 N–H and O–H groups in total. The zero-order valence-corrected chi connectivity index (χ0v) is 9.71. The summed E-state index contributed by atoms with van der Waals surface area (Å²) in [6.07, 6.45) is 7.89. The summed E-state index contributed by atoms with van der Waals surface area (Å²) in [4.78, 5) is 11.3. The number of carbonyl (C=O) groups excluding carboxylic acids is 1. The number of hydrogen-bond acceptors (Lipinski definition) is 3. The lowest BCUT2D eigenvalue weighted by molar-refractivity contribution is -0.136. The molecule has 1 rings (SSSR count). The van der Waals surface area contributed by atoms with E-state index in [1.807, 2.05) is 13.0 Å². The SMILES string of the molecule is CCC(=CCNC1CCCC1)C(=O)OC. The van der Waals surface area contributed by atoms with Crippen LogP contribution in [-0.4, -0.2) is 25.7 Å². The highest BCUT2D eigenvalue weighted by atomic mass is 16.5. The van der Waals surface area contributed by atoms with E-state index >= 15 is 0 Å². The number of hydrogen-bond donors (Lipinski definition) is 1. The van der Waals surface area contributed by atoms with Crippen molar-refractivity contribution in [1.29, 1.82) is 0 Å². The molecule has 0 bridgehead atoms. The second-order valence-electron chi connectivity index (χ2n) is 3.96. The van der Waals surface area contributed by atoms with E-state index in [0.29, 0.717) is 6.04 Å². The molecule has 0 radical (unpaired) electrons. The first-order valence-corrected chi connectivity index (χ1v) is 5.78. The largest absolute Gasteiger partial charge is 0.466 e. The van der Waals surface area contributed by atoms with Crippen LogP contribution in [0.2, 0.25) is 0 Å². The van der Waals surface area contributed by atoms with Gasteiger partial charge in [-0.15, -0.1) is 0 Å². The number of rotatable bonds is 5. The van der Waals surface area contributed by atoms with Crippen LogP contribution in [0.25, 0.3) is 0 Å². The molecule has 1 aliphatic carbocycles. The lowest BCUT2D eigenvalue weighted by atomic mass is 10.2. The van der Waals surface area contributed by atoms with Crippen molar-refractivity contribution in [1.82, 2.24) is 5.32 Å². The molecular weight excluding hydrogens is 190 g/mol. The fourth-order valence-corrected chi connectivity index (χ4v) is 1.98. The quantitative estimate of drug-likeness (QED) is 0.558. The Balaban J connectivity index is 2.30. The van der Waals surface area contributed by atoms with Crippen LogP contribution in [0.3, 0.4) is 0 Å². The van der Waals surface area contributed by atoms with Crippen molar-refractivity contribution >= 4 is 5.97 Å². The maximum absolute atomic E-state index is 11.3. The second kappa shape index (κ2) is 6.62. The molecule has 3 heteroatoms. The van der Waals surface area contributed by atoms with Crippen LogP contribution in [0.15, 0.2) is 11.6 Å². The Morgan fingerprint density at radius 2 is 2.13 bits per heavy atom. The van der Waals surface area contributed by atoms with Gasteiger partial charge in [-0.3, -0.25) is 0 Å². The highest BCUT2D eigenvalue weighted by molar-refractivity contribution is 5.88. The lowest BCUT2D eigenvalue weighted by Crippen LogP contribution is -2.26. The van der Waals surface area contributed by atoms with Crippen molar-refractivity contribution in [3.63, 3.8) is 0 Å². The molecule has 0 aromatic rings. The predicted octanol–water partition coefficient (Wildman–Crippen LogP) is 2.03. The van der Waals surface area contributed by atoms with Crippen LogP contribution < -0.4 is 5.32 Å². The minimum Gasteiger partial charge on any atom is -0.466 e. The van der Waals surface area contributed by atoms with E-state index in [1.165, 1.54) is 32.8 Å². The first kappa shape index (κ1) is 12.2. The molecule has 86 valence electrons. The molecule has 1 aliphatic rings. The monoisotopic (exact) mass is 211 g/mol. The Morgan fingerprint density at radius 1 is 1.47 bits per heavy atom. The smallest absolute Gasteiger partial charge is 0.333 e. The van der Waals surface area contributed by atoms with E-state index in [9.17, 15) is 4.79 Å². The Kier molecular flexibility index (Phi) is 5.40. The van der Waals surface area contributed by atoms with E-state index in [4.69, 9.17) is 4.74 Å². The van der Waals surface area contributed by atoms with Crippen LogP contribution in [0.4, 0.5) is 0 Å². The van der Waals surface area contributed by atoms with Crippen molar-refractivity contribution in [3.05, 3.63) is 11.6 Å². The van der Waals surface area contributed by atoms with Gasteiger partial charge in [-0.2, -0.15) is 0 Å². The van der Waals surface area contributed by atoms with Crippen molar-refractivity contribution < 1.29 is 9.53 Å². The third kappa shape index (κ3) is 4.04. The lowest BCUT2D eigenvalue weighted by Gasteiger charge is -2.09. The van der Waals surface area contributed by atoms with Gasteiger partial charge in [0.15, 0.2) is 0 Å². The summed E-state index contributed by atoms with van der Waals surface area (Å²) in [6.45, 7) is 2.75. The van der Waals surface area contributed by atoms with Gasteiger partial charge in [0, 0.05) is 18.2 Å². The summed E-state index contributed by atoms with van der Waals surface area (Å²) in [5, 5.41) is 3.44. The molecule has 3 nitrogen and oxygen atoms in total. The molecule has 1 saturated carbocycles. The van der Waals surface area contributed by atoms with Gasteiger partial charge < -0.3 is 10.1 Å². The van der Waals surface area contributed by atoms with Gasteiger partial charge >= 0.3 is 5.97 Å². The molecule has 15 heavy (non-hydrogen) atoms. The van der Waals surface area contributed by atoms with E-state index < -0.39 is 0 Å². The zero-order chi connectivity index (χ0) is 11.1. The second-order valence-corrected chi connectivity index (χ2v) is 3.96. The Hall–Kier alpha value is -0.830. The number of methoxy groups -OCH3 is 1. The summed E-state index contributed by atoms with van der Waals surface area (Å²) in [5.41, 5.74) is 0.767. The molecule has 0 atom stereocenters. The zero-order valence-electron chi connectivity index (χ0n) is 9.71. The minimum atomic E-state index is -0.203. The third-order valence-electron chi connectivity index (χ3n) is 2.94. The molecule has 0 aromatic heterocycles. The molecule has 0 spiro atoms. The minimum absolute atomic E-state index is 0.203. The van der Waals surface area contributed by atoms with E-state index in [2.05, 4.69) is 5.32 Å². The van der Waals surface area contributed by atoms with Gasteiger partial charge in [0.05, 0.1) is 7.11 Å². The highest BCUT2D eigenvalue weighted by Gasteiger charge is 2.13. The fraction of sp³-hybridized carbons (Fsp3) is 0.750. The van der Waals surface area contributed by atoms with E-state index in [-0.39, 0.29) is 5.97 Å². The van der Waals surface area contributed by atoms with Crippen molar-refractivity contribution in [2.24, 2.45) is 0 Å². The molecule has 0 amide bonds. The van der Waals surface area contributed by atoms with Crippen LogP contribution in [-0.2, 0) is 9.53 Å². The molecule has 0 saturated heterocycles. The van der Waals surface area contributed by atoms with Crippen molar-refractivity contribution in [2.45, 2.75) is 45.1 Å². The number of nitrogens with one attached hydrogen (secondary N) is 1. The van der Waals surface area contributed by atoms with Gasteiger partial charge in [-0.05, 0) is 19.3 Å². The Labute approximate surface area is 91.9 Å². The van der Waals surface area contributed by atoms with Crippen LogP contribution >= 0.6 is 0 Å². The van der Waals surface area contributed by atoms with Gasteiger partial charge in [-0.1, -0.05) is 25.8 Å².